The Balaban J connectivity index is 1.60. The first-order chi connectivity index (χ1) is 8.74. The summed E-state index contributed by atoms with van der Waals surface area (Å²) in [6.45, 7) is 10.9. The topological polar surface area (TPSA) is 21.7 Å². The van der Waals surface area contributed by atoms with E-state index in [2.05, 4.69) is 18.7 Å². The molecule has 2 rings (SSSR count). The van der Waals surface area contributed by atoms with E-state index in [1.165, 1.54) is 45.3 Å². The summed E-state index contributed by atoms with van der Waals surface area (Å²) < 4.78 is 11.3. The third-order valence-electron chi connectivity index (χ3n) is 4.14. The number of ether oxygens (including phenoxy) is 2. The van der Waals surface area contributed by atoms with Crippen LogP contribution in [0.25, 0.3) is 0 Å². The Hall–Kier alpha value is -0.120. The van der Waals surface area contributed by atoms with Crippen LogP contribution in [-0.2, 0) is 9.47 Å². The van der Waals surface area contributed by atoms with E-state index in [4.69, 9.17) is 9.47 Å². The maximum atomic E-state index is 5.73. The Morgan fingerprint density at radius 1 is 1.17 bits per heavy atom. The van der Waals surface area contributed by atoms with Crippen molar-refractivity contribution in [2.24, 2.45) is 11.8 Å². The third kappa shape index (κ3) is 4.87. The van der Waals surface area contributed by atoms with Gasteiger partial charge in [0.15, 0.2) is 0 Å². The Morgan fingerprint density at radius 3 is 2.56 bits per heavy atom. The van der Waals surface area contributed by atoms with Crippen molar-refractivity contribution in [1.82, 2.24) is 4.90 Å². The normalized spacial score (nSPS) is 27.8. The first-order valence-electron chi connectivity index (χ1n) is 7.65. The maximum Gasteiger partial charge on any atom is 0.0519 e. The highest BCUT2D eigenvalue weighted by Gasteiger charge is 2.23. The number of piperidine rings is 1. The van der Waals surface area contributed by atoms with Gasteiger partial charge in [0.25, 0.3) is 0 Å². The zero-order chi connectivity index (χ0) is 12.8. The van der Waals surface area contributed by atoms with Crippen molar-refractivity contribution in [2.45, 2.75) is 45.6 Å². The molecule has 2 saturated heterocycles. The van der Waals surface area contributed by atoms with Gasteiger partial charge in [0, 0.05) is 19.8 Å². The third-order valence-corrected chi connectivity index (χ3v) is 4.14. The van der Waals surface area contributed by atoms with Crippen LogP contribution in [0.3, 0.4) is 0 Å². The highest BCUT2D eigenvalue weighted by atomic mass is 16.5. The molecule has 0 saturated carbocycles. The second kappa shape index (κ2) is 7.46. The van der Waals surface area contributed by atoms with Crippen molar-refractivity contribution in [3.63, 3.8) is 0 Å². The van der Waals surface area contributed by atoms with Crippen LogP contribution in [0.2, 0.25) is 0 Å². The number of rotatable bonds is 5. The lowest BCUT2D eigenvalue weighted by Crippen LogP contribution is -2.40. The molecule has 0 aromatic heterocycles. The minimum Gasteiger partial charge on any atom is -0.381 e. The summed E-state index contributed by atoms with van der Waals surface area (Å²) >= 11 is 0. The summed E-state index contributed by atoms with van der Waals surface area (Å²) in [5.41, 5.74) is 0. The number of hydrogen-bond donors (Lipinski definition) is 0. The maximum absolute atomic E-state index is 5.73. The average molecular weight is 255 g/mol. The molecule has 1 unspecified atom stereocenters. The summed E-state index contributed by atoms with van der Waals surface area (Å²) in [7, 11) is 0. The van der Waals surface area contributed by atoms with Gasteiger partial charge in [-0.3, -0.25) is 0 Å². The van der Waals surface area contributed by atoms with Gasteiger partial charge in [0.1, 0.15) is 0 Å². The van der Waals surface area contributed by atoms with Crippen molar-refractivity contribution in [2.75, 3.05) is 39.5 Å². The Kier molecular flexibility index (Phi) is 5.93. The molecule has 0 amide bonds. The van der Waals surface area contributed by atoms with Crippen LogP contribution >= 0.6 is 0 Å². The molecule has 0 spiro atoms. The summed E-state index contributed by atoms with van der Waals surface area (Å²) in [6, 6.07) is 0. The summed E-state index contributed by atoms with van der Waals surface area (Å²) in [6.07, 6.45) is 5.60. The fourth-order valence-electron chi connectivity index (χ4n) is 2.98. The predicted molar refractivity (Wildman–Crippen MR) is 73.8 cm³/mol. The standard InChI is InChI=1S/C15H29NO2/c1-13(2)18-12-14-5-7-16(8-6-14)10-15-4-3-9-17-11-15/h13-15H,3-12H2,1-2H3. The van der Waals surface area contributed by atoms with Gasteiger partial charge in [-0.2, -0.15) is 0 Å². The van der Waals surface area contributed by atoms with Gasteiger partial charge < -0.3 is 14.4 Å². The van der Waals surface area contributed by atoms with E-state index in [0.717, 1.165) is 31.7 Å². The fourth-order valence-corrected chi connectivity index (χ4v) is 2.98. The molecule has 0 aliphatic carbocycles. The van der Waals surface area contributed by atoms with Crippen LogP contribution in [0.5, 0.6) is 0 Å². The van der Waals surface area contributed by atoms with E-state index in [1.807, 2.05) is 0 Å². The zero-order valence-corrected chi connectivity index (χ0v) is 12.1. The van der Waals surface area contributed by atoms with Crippen LogP contribution in [0.15, 0.2) is 0 Å². The molecule has 3 heteroatoms. The van der Waals surface area contributed by atoms with Crippen molar-refractivity contribution in [3.8, 4) is 0 Å². The number of likely N-dealkylation sites (tertiary alicyclic amines) is 1. The highest BCUT2D eigenvalue weighted by molar-refractivity contribution is 4.75. The van der Waals surface area contributed by atoms with E-state index < -0.39 is 0 Å². The molecule has 2 fully saturated rings. The lowest BCUT2D eigenvalue weighted by molar-refractivity contribution is 0.0137. The van der Waals surface area contributed by atoms with E-state index in [-0.39, 0.29) is 0 Å². The lowest BCUT2D eigenvalue weighted by Gasteiger charge is -2.35. The molecule has 2 aliphatic heterocycles. The van der Waals surface area contributed by atoms with Crippen molar-refractivity contribution in [1.29, 1.82) is 0 Å². The molecular formula is C15H29NO2. The first kappa shape index (κ1) is 14.3. The summed E-state index contributed by atoms with van der Waals surface area (Å²) in [5.74, 6) is 1.56. The quantitative estimate of drug-likeness (QED) is 0.753. The van der Waals surface area contributed by atoms with Gasteiger partial charge in [0.2, 0.25) is 0 Å². The molecule has 0 aromatic carbocycles. The number of hydrogen-bond acceptors (Lipinski definition) is 3. The van der Waals surface area contributed by atoms with Crippen molar-refractivity contribution in [3.05, 3.63) is 0 Å². The van der Waals surface area contributed by atoms with Crippen LogP contribution in [0, 0.1) is 11.8 Å². The first-order valence-corrected chi connectivity index (χ1v) is 7.65. The fraction of sp³-hybridized carbons (Fsp3) is 1.00. The molecule has 106 valence electrons. The lowest BCUT2D eigenvalue weighted by atomic mass is 9.95. The van der Waals surface area contributed by atoms with Crippen LogP contribution in [0.4, 0.5) is 0 Å². The molecule has 0 N–H and O–H groups in total. The smallest absolute Gasteiger partial charge is 0.0519 e. The van der Waals surface area contributed by atoms with E-state index in [1.54, 1.807) is 0 Å². The van der Waals surface area contributed by atoms with Crippen molar-refractivity contribution < 1.29 is 9.47 Å². The minimum atomic E-state index is 0.377. The molecule has 0 radical (unpaired) electrons. The highest BCUT2D eigenvalue weighted by Crippen LogP contribution is 2.21. The monoisotopic (exact) mass is 255 g/mol. The summed E-state index contributed by atoms with van der Waals surface area (Å²) in [5, 5.41) is 0. The molecule has 0 aromatic rings. The van der Waals surface area contributed by atoms with E-state index >= 15 is 0 Å². The van der Waals surface area contributed by atoms with Crippen LogP contribution in [0.1, 0.15) is 39.5 Å². The predicted octanol–water partition coefficient (Wildman–Crippen LogP) is 2.55. The zero-order valence-electron chi connectivity index (χ0n) is 12.1. The minimum absolute atomic E-state index is 0.377. The van der Waals surface area contributed by atoms with Gasteiger partial charge in [-0.15, -0.1) is 0 Å². The SMILES string of the molecule is CC(C)OCC1CCN(CC2CCCOC2)CC1. The largest absolute Gasteiger partial charge is 0.381 e. The van der Waals surface area contributed by atoms with Crippen LogP contribution in [-0.4, -0.2) is 50.5 Å². The summed E-state index contributed by atoms with van der Waals surface area (Å²) in [4.78, 5) is 2.63. The van der Waals surface area contributed by atoms with Crippen molar-refractivity contribution >= 4 is 0 Å². The Bertz CT molecular complexity index is 219. The van der Waals surface area contributed by atoms with E-state index in [9.17, 15) is 0 Å². The van der Waals surface area contributed by atoms with Gasteiger partial charge in [-0.05, 0) is 64.5 Å². The molecule has 0 bridgehead atoms. The number of nitrogens with zero attached hydrogens (tertiary/aromatic N) is 1. The van der Waals surface area contributed by atoms with E-state index in [0.29, 0.717) is 6.10 Å². The second-order valence-corrected chi connectivity index (χ2v) is 6.21. The molecule has 18 heavy (non-hydrogen) atoms. The van der Waals surface area contributed by atoms with Gasteiger partial charge in [-0.25, -0.2) is 0 Å². The average Bonchev–Trinajstić information content (AvgIpc) is 2.39. The Morgan fingerprint density at radius 2 is 1.94 bits per heavy atom. The molecular weight excluding hydrogens is 226 g/mol. The van der Waals surface area contributed by atoms with Gasteiger partial charge >= 0.3 is 0 Å². The molecule has 2 aliphatic rings. The Labute approximate surface area is 112 Å². The molecule has 3 nitrogen and oxygen atoms in total. The van der Waals surface area contributed by atoms with Crippen LogP contribution < -0.4 is 0 Å². The van der Waals surface area contributed by atoms with Gasteiger partial charge in [-0.1, -0.05) is 0 Å². The molecule has 1 atom stereocenters. The molecule has 2 heterocycles. The van der Waals surface area contributed by atoms with Gasteiger partial charge in [0.05, 0.1) is 12.7 Å². The second-order valence-electron chi connectivity index (χ2n) is 6.21.